The molecule has 1 aromatic rings. The summed E-state index contributed by atoms with van der Waals surface area (Å²) >= 11 is 0. The molecule has 0 saturated carbocycles. The Labute approximate surface area is 105 Å². The summed E-state index contributed by atoms with van der Waals surface area (Å²) in [4.78, 5) is 11.2. The summed E-state index contributed by atoms with van der Waals surface area (Å²) < 4.78 is 30.0. The van der Waals surface area contributed by atoms with Gasteiger partial charge in [-0.25, -0.2) is 8.42 Å². The van der Waals surface area contributed by atoms with E-state index in [0.717, 1.165) is 16.1 Å². The van der Waals surface area contributed by atoms with Gasteiger partial charge in [0, 0.05) is 0 Å². The Morgan fingerprint density at radius 3 is 2.72 bits per heavy atom. The van der Waals surface area contributed by atoms with Crippen molar-refractivity contribution in [3.63, 3.8) is 0 Å². The zero-order chi connectivity index (χ0) is 13.5. The van der Waals surface area contributed by atoms with Gasteiger partial charge < -0.3 is 10.5 Å². The van der Waals surface area contributed by atoms with Crippen LogP contribution in [0.15, 0.2) is 18.2 Å². The first-order chi connectivity index (χ1) is 8.29. The second-order valence-corrected chi connectivity index (χ2v) is 6.18. The molecule has 0 bridgehead atoms. The fourth-order valence-corrected chi connectivity index (χ4v) is 2.73. The zero-order valence-electron chi connectivity index (χ0n) is 10.1. The molecular weight excluding hydrogens is 256 g/mol. The van der Waals surface area contributed by atoms with Crippen molar-refractivity contribution in [2.24, 2.45) is 5.73 Å². The lowest BCUT2D eigenvalue weighted by molar-refractivity contribution is -0.124. The monoisotopic (exact) mass is 270 g/mol. The van der Waals surface area contributed by atoms with Gasteiger partial charge in [0.2, 0.25) is 10.0 Å². The minimum atomic E-state index is -3.48. The van der Waals surface area contributed by atoms with Crippen molar-refractivity contribution in [2.75, 3.05) is 17.1 Å². The summed E-state index contributed by atoms with van der Waals surface area (Å²) in [6, 6.07) is 5.12. The Morgan fingerprint density at radius 1 is 1.50 bits per heavy atom. The van der Waals surface area contributed by atoms with Gasteiger partial charge in [-0.2, -0.15) is 0 Å². The van der Waals surface area contributed by atoms with Gasteiger partial charge in [0.1, 0.15) is 5.75 Å². The first-order valence-corrected chi connectivity index (χ1v) is 7.18. The van der Waals surface area contributed by atoms with Crippen molar-refractivity contribution in [2.45, 2.75) is 13.0 Å². The van der Waals surface area contributed by atoms with E-state index in [2.05, 4.69) is 0 Å². The number of fused-ring (bicyclic) bond motifs is 1. The Kier molecular flexibility index (Phi) is 2.94. The molecular formula is C11H14N2O4S. The van der Waals surface area contributed by atoms with Gasteiger partial charge in [0.25, 0.3) is 5.91 Å². The molecule has 0 spiro atoms. The van der Waals surface area contributed by atoms with Crippen LogP contribution in [-0.4, -0.2) is 33.2 Å². The highest BCUT2D eigenvalue weighted by Gasteiger charge is 2.33. The molecule has 7 heteroatoms. The molecule has 0 aliphatic carbocycles. The molecule has 1 aromatic carbocycles. The molecule has 1 unspecified atom stereocenters. The van der Waals surface area contributed by atoms with E-state index in [0.29, 0.717) is 11.4 Å². The number of nitrogens with zero attached hydrogens (tertiary/aromatic N) is 1. The summed E-state index contributed by atoms with van der Waals surface area (Å²) in [5, 5.41) is 0. The predicted molar refractivity (Wildman–Crippen MR) is 67.0 cm³/mol. The molecule has 1 heterocycles. The third-order valence-electron chi connectivity index (χ3n) is 2.70. The Bertz CT molecular complexity index is 597. The normalized spacial score (nSPS) is 19.0. The van der Waals surface area contributed by atoms with E-state index in [-0.39, 0.29) is 6.54 Å². The summed E-state index contributed by atoms with van der Waals surface area (Å²) in [7, 11) is -3.48. The summed E-state index contributed by atoms with van der Waals surface area (Å²) in [5.41, 5.74) is 6.52. The van der Waals surface area contributed by atoms with Gasteiger partial charge in [0.05, 0.1) is 18.5 Å². The average Bonchev–Trinajstić information content (AvgIpc) is 2.26. The molecule has 18 heavy (non-hydrogen) atoms. The van der Waals surface area contributed by atoms with Crippen LogP contribution >= 0.6 is 0 Å². The van der Waals surface area contributed by atoms with E-state index in [4.69, 9.17) is 10.5 Å². The number of aryl methyl sites for hydroxylation is 1. The number of ether oxygens (including phenoxy) is 1. The second kappa shape index (κ2) is 4.16. The first kappa shape index (κ1) is 12.7. The first-order valence-electron chi connectivity index (χ1n) is 5.33. The summed E-state index contributed by atoms with van der Waals surface area (Å²) in [6.45, 7) is 1.76. The number of hydrogen-bond acceptors (Lipinski definition) is 4. The van der Waals surface area contributed by atoms with E-state index >= 15 is 0 Å². The van der Waals surface area contributed by atoms with Crippen LogP contribution in [0.4, 0.5) is 5.69 Å². The third kappa shape index (κ3) is 2.26. The molecule has 2 rings (SSSR count). The van der Waals surface area contributed by atoms with Gasteiger partial charge >= 0.3 is 0 Å². The molecule has 1 aliphatic heterocycles. The maximum absolute atomic E-state index is 11.7. The number of benzene rings is 1. The SMILES string of the molecule is Cc1ccc2c(c1)N(S(C)(=O)=O)CC(C(N)=O)O2. The van der Waals surface area contributed by atoms with Crippen molar-refractivity contribution in [1.29, 1.82) is 0 Å². The van der Waals surface area contributed by atoms with E-state index in [1.807, 2.05) is 6.92 Å². The van der Waals surface area contributed by atoms with Crippen molar-refractivity contribution in [3.8, 4) is 5.75 Å². The molecule has 1 atom stereocenters. The Hall–Kier alpha value is -1.76. The fourth-order valence-electron chi connectivity index (χ4n) is 1.82. The molecule has 1 amide bonds. The number of anilines is 1. The highest BCUT2D eigenvalue weighted by Crippen LogP contribution is 2.35. The number of primary amides is 1. The minimum absolute atomic E-state index is 0.0926. The highest BCUT2D eigenvalue weighted by atomic mass is 32.2. The lowest BCUT2D eigenvalue weighted by Gasteiger charge is -2.33. The standard InChI is InChI=1S/C11H14N2O4S/c1-7-3-4-9-8(5-7)13(18(2,15)16)6-10(17-9)11(12)14/h3-5,10H,6H2,1-2H3,(H2,12,14). The second-order valence-electron chi connectivity index (χ2n) is 4.27. The predicted octanol–water partition coefficient (Wildman–Crippen LogP) is 0.00732. The molecule has 98 valence electrons. The molecule has 0 saturated heterocycles. The summed E-state index contributed by atoms with van der Waals surface area (Å²) in [6.07, 6.45) is 0.123. The van der Waals surface area contributed by atoms with Crippen LogP contribution in [0, 0.1) is 6.92 Å². The number of hydrogen-bond donors (Lipinski definition) is 1. The van der Waals surface area contributed by atoms with Gasteiger partial charge in [-0.05, 0) is 24.6 Å². The largest absolute Gasteiger partial charge is 0.476 e. The molecule has 1 aliphatic rings. The lowest BCUT2D eigenvalue weighted by atomic mass is 10.1. The van der Waals surface area contributed by atoms with Gasteiger partial charge in [-0.3, -0.25) is 9.10 Å². The smallest absolute Gasteiger partial charge is 0.260 e. The van der Waals surface area contributed by atoms with Crippen molar-refractivity contribution >= 4 is 21.6 Å². The van der Waals surface area contributed by atoms with E-state index in [9.17, 15) is 13.2 Å². The quantitative estimate of drug-likeness (QED) is 0.819. The van der Waals surface area contributed by atoms with Crippen LogP contribution in [0.25, 0.3) is 0 Å². The number of rotatable bonds is 2. The van der Waals surface area contributed by atoms with E-state index in [1.54, 1.807) is 18.2 Å². The number of sulfonamides is 1. The number of amides is 1. The molecule has 0 aromatic heterocycles. The maximum Gasteiger partial charge on any atom is 0.260 e. The number of carbonyl (C=O) groups is 1. The van der Waals surface area contributed by atoms with Crippen LogP contribution in [-0.2, 0) is 14.8 Å². The average molecular weight is 270 g/mol. The van der Waals surface area contributed by atoms with Gasteiger partial charge in [-0.15, -0.1) is 0 Å². The van der Waals surface area contributed by atoms with Crippen molar-refractivity contribution < 1.29 is 17.9 Å². The molecule has 2 N–H and O–H groups in total. The Morgan fingerprint density at radius 2 is 2.17 bits per heavy atom. The van der Waals surface area contributed by atoms with Crippen LogP contribution < -0.4 is 14.8 Å². The topological polar surface area (TPSA) is 89.7 Å². The highest BCUT2D eigenvalue weighted by molar-refractivity contribution is 7.92. The maximum atomic E-state index is 11.7. The summed E-state index contributed by atoms with van der Waals surface area (Å²) in [5.74, 6) is -0.337. The van der Waals surface area contributed by atoms with E-state index < -0.39 is 22.0 Å². The molecule has 6 nitrogen and oxygen atoms in total. The van der Waals surface area contributed by atoms with Crippen LogP contribution in [0.2, 0.25) is 0 Å². The van der Waals surface area contributed by atoms with Crippen LogP contribution in [0.5, 0.6) is 5.75 Å². The van der Waals surface area contributed by atoms with Crippen LogP contribution in [0.3, 0.4) is 0 Å². The zero-order valence-corrected chi connectivity index (χ0v) is 10.9. The van der Waals surface area contributed by atoms with E-state index in [1.165, 1.54) is 0 Å². The van der Waals surface area contributed by atoms with Crippen molar-refractivity contribution in [1.82, 2.24) is 0 Å². The van der Waals surface area contributed by atoms with Crippen molar-refractivity contribution in [3.05, 3.63) is 23.8 Å². The van der Waals surface area contributed by atoms with Gasteiger partial charge in [0.15, 0.2) is 6.10 Å². The lowest BCUT2D eigenvalue weighted by Crippen LogP contribution is -2.49. The minimum Gasteiger partial charge on any atom is -0.476 e. The molecule has 0 fully saturated rings. The fraction of sp³-hybridized carbons (Fsp3) is 0.364. The molecule has 0 radical (unpaired) electrons. The van der Waals surface area contributed by atoms with Gasteiger partial charge in [-0.1, -0.05) is 6.07 Å². The van der Waals surface area contributed by atoms with Crippen LogP contribution in [0.1, 0.15) is 5.56 Å². The third-order valence-corrected chi connectivity index (χ3v) is 3.85. The Balaban J connectivity index is 2.54. The number of carbonyl (C=O) groups excluding carboxylic acids is 1. The number of nitrogens with two attached hydrogens (primary N) is 1.